The van der Waals surface area contributed by atoms with Crippen LogP contribution in [-0.4, -0.2) is 39.9 Å². The molecule has 0 saturated carbocycles. The van der Waals surface area contributed by atoms with Crippen LogP contribution in [0.15, 0.2) is 66.7 Å². The van der Waals surface area contributed by atoms with Crippen molar-refractivity contribution in [2.24, 2.45) is 0 Å². The van der Waals surface area contributed by atoms with E-state index in [-0.39, 0.29) is 30.8 Å². The van der Waals surface area contributed by atoms with E-state index in [1.54, 1.807) is 14.2 Å². The van der Waals surface area contributed by atoms with Crippen molar-refractivity contribution < 1.29 is 19.0 Å². The van der Waals surface area contributed by atoms with Crippen molar-refractivity contribution in [3.63, 3.8) is 0 Å². The minimum absolute atomic E-state index is 0.0598. The number of methoxy groups -OCH3 is 3. The fourth-order valence-electron chi connectivity index (χ4n) is 4.02. The Balaban J connectivity index is 1.91. The van der Waals surface area contributed by atoms with E-state index in [2.05, 4.69) is 66.8 Å². The zero-order chi connectivity index (χ0) is 22.2. The summed E-state index contributed by atoms with van der Waals surface area (Å²) >= 11 is 0. The Kier molecular flexibility index (Phi) is 8.18. The van der Waals surface area contributed by atoms with E-state index in [4.69, 9.17) is 14.2 Å². The first-order chi connectivity index (χ1) is 15.1. The Morgan fingerprint density at radius 1 is 0.871 bits per heavy atom. The van der Waals surface area contributed by atoms with Gasteiger partial charge in [-0.15, -0.1) is 0 Å². The molecule has 0 fully saturated rings. The zero-order valence-corrected chi connectivity index (χ0v) is 18.6. The molecule has 0 aromatic heterocycles. The van der Waals surface area contributed by atoms with E-state index in [0.717, 1.165) is 12.0 Å². The summed E-state index contributed by atoms with van der Waals surface area (Å²) in [7, 11) is 4.66. The predicted molar refractivity (Wildman–Crippen MR) is 123 cm³/mol. The van der Waals surface area contributed by atoms with Gasteiger partial charge in [-0.1, -0.05) is 66.7 Å². The molecule has 0 heterocycles. The van der Waals surface area contributed by atoms with E-state index in [1.165, 1.54) is 29.0 Å². The number of hydrogen-bond donors (Lipinski definition) is 1. The third-order valence-electron chi connectivity index (χ3n) is 5.78. The molecule has 0 aliphatic rings. The van der Waals surface area contributed by atoms with Crippen molar-refractivity contribution in [2.75, 3.05) is 27.9 Å². The monoisotopic (exact) mass is 421 g/mol. The molecule has 31 heavy (non-hydrogen) atoms. The summed E-state index contributed by atoms with van der Waals surface area (Å²) in [5.41, 5.74) is 3.44. The van der Waals surface area contributed by atoms with Crippen molar-refractivity contribution >= 4 is 16.7 Å². The van der Waals surface area contributed by atoms with Gasteiger partial charge in [0.15, 0.2) is 6.29 Å². The van der Waals surface area contributed by atoms with Crippen LogP contribution >= 0.6 is 0 Å². The minimum Gasteiger partial charge on any atom is -0.468 e. The van der Waals surface area contributed by atoms with Crippen LogP contribution in [0, 0.1) is 0 Å². The lowest BCUT2D eigenvalue weighted by molar-refractivity contribution is -0.139. The lowest BCUT2D eigenvalue weighted by Gasteiger charge is -2.26. The highest BCUT2D eigenvalue weighted by atomic mass is 16.7. The second-order valence-corrected chi connectivity index (χ2v) is 7.66. The summed E-state index contributed by atoms with van der Waals surface area (Å²) in [5, 5.41) is 5.82. The number of ether oxygens (including phenoxy) is 3. The summed E-state index contributed by atoms with van der Waals surface area (Å²) in [6, 6.07) is 23.2. The maximum Gasteiger partial charge on any atom is 0.319 e. The predicted octanol–water partition coefficient (Wildman–Crippen LogP) is 4.61. The molecule has 0 aliphatic heterocycles. The normalized spacial score (nSPS) is 13.3. The van der Waals surface area contributed by atoms with Crippen molar-refractivity contribution in [1.29, 1.82) is 0 Å². The molecular formula is C26H31NO4. The SMILES string of the molecule is COC(=O)CNC(C)C(Cc1cccc2ccccc12)c1ccc(C(OC)OC)cc1. The van der Waals surface area contributed by atoms with Crippen molar-refractivity contribution in [3.8, 4) is 0 Å². The second-order valence-electron chi connectivity index (χ2n) is 7.66. The number of rotatable bonds is 10. The van der Waals surface area contributed by atoms with Gasteiger partial charge in [-0.25, -0.2) is 0 Å². The third kappa shape index (κ3) is 5.70. The minimum atomic E-state index is -0.388. The smallest absolute Gasteiger partial charge is 0.319 e. The Morgan fingerprint density at radius 2 is 1.52 bits per heavy atom. The number of hydrogen-bond acceptors (Lipinski definition) is 5. The van der Waals surface area contributed by atoms with E-state index in [9.17, 15) is 4.79 Å². The standard InChI is InChI=1S/C26H31NO4/c1-18(27-17-25(28)29-2)24(20-12-14-21(15-13-20)26(30-3)31-4)16-22-10-7-9-19-8-5-6-11-23(19)22/h5-15,18,24,26-27H,16-17H2,1-4H3. The topological polar surface area (TPSA) is 56.8 Å². The Bertz CT molecular complexity index is 977. The number of benzene rings is 3. The molecule has 3 rings (SSSR count). The van der Waals surface area contributed by atoms with Crippen LogP contribution in [-0.2, 0) is 25.4 Å². The van der Waals surface area contributed by atoms with E-state index >= 15 is 0 Å². The second kappa shape index (κ2) is 11.0. The van der Waals surface area contributed by atoms with Gasteiger partial charge in [-0.2, -0.15) is 0 Å². The largest absolute Gasteiger partial charge is 0.468 e. The highest BCUT2D eigenvalue weighted by molar-refractivity contribution is 5.85. The molecular weight excluding hydrogens is 390 g/mol. The molecule has 2 unspecified atom stereocenters. The Hall–Kier alpha value is -2.73. The van der Waals surface area contributed by atoms with Gasteiger partial charge in [0.2, 0.25) is 0 Å². The summed E-state index contributed by atoms with van der Waals surface area (Å²) in [5.74, 6) is -0.109. The van der Waals surface area contributed by atoms with Crippen molar-refractivity contribution in [2.45, 2.75) is 31.6 Å². The van der Waals surface area contributed by atoms with E-state index in [0.29, 0.717) is 0 Å². The Labute approximate surface area is 184 Å². The number of esters is 1. The molecule has 0 radical (unpaired) electrons. The molecule has 5 heteroatoms. The average molecular weight is 422 g/mol. The van der Waals surface area contributed by atoms with Crippen LogP contribution in [0.1, 0.15) is 35.8 Å². The maximum absolute atomic E-state index is 11.7. The van der Waals surface area contributed by atoms with Gasteiger partial charge in [0, 0.05) is 31.7 Å². The molecule has 0 bridgehead atoms. The van der Waals surface area contributed by atoms with Gasteiger partial charge < -0.3 is 19.5 Å². The quantitative estimate of drug-likeness (QED) is 0.383. The molecule has 0 aliphatic carbocycles. The molecule has 3 aromatic rings. The van der Waals surface area contributed by atoms with Crippen LogP contribution < -0.4 is 5.32 Å². The fraction of sp³-hybridized carbons (Fsp3) is 0.346. The Morgan fingerprint density at radius 3 is 2.19 bits per heavy atom. The van der Waals surface area contributed by atoms with Gasteiger partial charge in [0.05, 0.1) is 13.7 Å². The lowest BCUT2D eigenvalue weighted by atomic mass is 9.84. The average Bonchev–Trinajstić information content (AvgIpc) is 2.82. The van der Waals surface area contributed by atoms with E-state index < -0.39 is 0 Å². The van der Waals surface area contributed by atoms with Gasteiger partial charge >= 0.3 is 5.97 Å². The third-order valence-corrected chi connectivity index (χ3v) is 5.78. The van der Waals surface area contributed by atoms with Gasteiger partial charge in [0.25, 0.3) is 0 Å². The molecule has 0 saturated heterocycles. The highest BCUT2D eigenvalue weighted by Crippen LogP contribution is 2.30. The van der Waals surface area contributed by atoms with Gasteiger partial charge in [-0.3, -0.25) is 4.79 Å². The van der Waals surface area contributed by atoms with Crippen molar-refractivity contribution in [3.05, 3.63) is 83.4 Å². The molecule has 2 atom stereocenters. The first-order valence-electron chi connectivity index (χ1n) is 10.5. The van der Waals surface area contributed by atoms with Crippen LogP contribution in [0.2, 0.25) is 0 Å². The summed E-state index contributed by atoms with van der Waals surface area (Å²) < 4.78 is 15.5. The first kappa shape index (κ1) is 22.9. The highest BCUT2D eigenvalue weighted by Gasteiger charge is 2.22. The molecule has 5 nitrogen and oxygen atoms in total. The van der Waals surface area contributed by atoms with Gasteiger partial charge in [0.1, 0.15) is 0 Å². The van der Waals surface area contributed by atoms with Crippen LogP contribution in [0.25, 0.3) is 10.8 Å². The zero-order valence-electron chi connectivity index (χ0n) is 18.6. The number of carbonyl (C=O) groups excluding carboxylic acids is 1. The maximum atomic E-state index is 11.7. The van der Waals surface area contributed by atoms with E-state index in [1.807, 2.05) is 12.1 Å². The summed E-state index contributed by atoms with van der Waals surface area (Å²) in [6.07, 6.45) is 0.453. The van der Waals surface area contributed by atoms with Crippen molar-refractivity contribution in [1.82, 2.24) is 5.32 Å². The molecule has 0 spiro atoms. The molecule has 3 aromatic carbocycles. The summed E-state index contributed by atoms with van der Waals surface area (Å²) in [4.78, 5) is 11.7. The fourth-order valence-corrected chi connectivity index (χ4v) is 4.02. The molecule has 0 amide bonds. The van der Waals surface area contributed by atoms with Crippen LogP contribution in [0.3, 0.4) is 0 Å². The number of fused-ring (bicyclic) bond motifs is 1. The first-order valence-corrected chi connectivity index (χ1v) is 10.5. The number of nitrogens with one attached hydrogen (secondary N) is 1. The van der Waals surface area contributed by atoms with Crippen LogP contribution in [0.4, 0.5) is 0 Å². The van der Waals surface area contributed by atoms with Gasteiger partial charge in [-0.05, 0) is 35.2 Å². The lowest BCUT2D eigenvalue weighted by Crippen LogP contribution is -2.37. The van der Waals surface area contributed by atoms with Crippen LogP contribution in [0.5, 0.6) is 0 Å². The molecule has 164 valence electrons. The number of carbonyl (C=O) groups is 1. The molecule has 1 N–H and O–H groups in total. The summed E-state index contributed by atoms with van der Waals surface area (Å²) in [6.45, 7) is 2.29.